The average molecular weight is 596 g/mol. The van der Waals surface area contributed by atoms with E-state index in [1.54, 1.807) is 29.1 Å². The van der Waals surface area contributed by atoms with Crippen molar-refractivity contribution in [3.8, 4) is 5.13 Å². The van der Waals surface area contributed by atoms with Crippen LogP contribution in [0.3, 0.4) is 0 Å². The zero-order chi connectivity index (χ0) is 29.4. The first-order valence-corrected chi connectivity index (χ1v) is 14.5. The zero-order valence-electron chi connectivity index (χ0n) is 23.1. The van der Waals surface area contributed by atoms with Gasteiger partial charge in [-0.3, -0.25) is 14.2 Å². The van der Waals surface area contributed by atoms with E-state index in [1.165, 1.54) is 24.5 Å². The summed E-state index contributed by atoms with van der Waals surface area (Å²) in [5.41, 5.74) is 0.177. The molecule has 42 heavy (non-hydrogen) atoms. The predicted molar refractivity (Wildman–Crippen MR) is 151 cm³/mol. The minimum Gasteiger partial charge on any atom is -0.454 e. The van der Waals surface area contributed by atoms with Crippen molar-refractivity contribution in [3.63, 3.8) is 0 Å². The summed E-state index contributed by atoms with van der Waals surface area (Å²) in [4.78, 5) is 61.7. The predicted octanol–water partition coefficient (Wildman–Crippen LogP) is 2.48. The van der Waals surface area contributed by atoms with Crippen molar-refractivity contribution in [1.82, 2.24) is 19.9 Å². The molecule has 0 spiro atoms. The smallest absolute Gasteiger partial charge is 0.454 e. The first-order valence-electron chi connectivity index (χ1n) is 13.7. The molecule has 2 aliphatic rings. The standard InChI is InChI=1S/C28H29N5O8S/c1-15-9-21(32-11-17(12-32)25(35)30-10-18-5-3-4-7-38-18)31-24-22(15)23(34)19(13-33(24)27-29-6-8-42-27)26(36)39-14-20-16(2)40-28(37)41-20/h6,8-9,13,17-18H,3-5,7,10-12,14H2,1-2H3,(H,30,35). The normalized spacial score (nSPS) is 17.3. The van der Waals surface area contributed by atoms with E-state index in [2.05, 4.69) is 10.3 Å². The number of nitrogens with zero attached hydrogens (tertiary/aromatic N) is 4. The molecule has 6 rings (SSSR count). The van der Waals surface area contributed by atoms with Gasteiger partial charge in [-0.2, -0.15) is 0 Å². The SMILES string of the molecule is Cc1oc(=O)oc1COC(=O)c1cn(-c2nccs2)c2nc(N3CC(C(=O)NCC4CCCCO4)C3)cc(C)c2c1=O. The molecule has 1 unspecified atom stereocenters. The number of aromatic nitrogens is 3. The van der Waals surface area contributed by atoms with Gasteiger partial charge in [-0.05, 0) is 44.7 Å². The summed E-state index contributed by atoms with van der Waals surface area (Å²) < 4.78 is 22.3. The maximum absolute atomic E-state index is 13.6. The van der Waals surface area contributed by atoms with Crippen LogP contribution >= 0.6 is 11.3 Å². The van der Waals surface area contributed by atoms with E-state index in [1.807, 2.05) is 4.90 Å². The lowest BCUT2D eigenvalue weighted by molar-refractivity contribution is -0.126. The third-order valence-corrected chi connectivity index (χ3v) is 8.28. The second-order valence-electron chi connectivity index (χ2n) is 10.4. The number of nitrogens with one attached hydrogen (secondary N) is 1. The molecule has 0 radical (unpaired) electrons. The van der Waals surface area contributed by atoms with Crippen LogP contribution in [0.15, 0.2) is 42.3 Å². The number of pyridine rings is 2. The van der Waals surface area contributed by atoms with Crippen molar-refractivity contribution < 1.29 is 27.9 Å². The molecule has 1 atom stereocenters. The summed E-state index contributed by atoms with van der Waals surface area (Å²) in [7, 11) is 0. The molecular weight excluding hydrogens is 566 g/mol. The van der Waals surface area contributed by atoms with E-state index in [0.29, 0.717) is 41.8 Å². The van der Waals surface area contributed by atoms with Crippen molar-refractivity contribution in [2.75, 3.05) is 31.1 Å². The highest BCUT2D eigenvalue weighted by Gasteiger charge is 2.34. The summed E-state index contributed by atoms with van der Waals surface area (Å²) in [5.74, 6) is -1.13. The number of aryl methyl sites for hydroxylation is 2. The van der Waals surface area contributed by atoms with Gasteiger partial charge in [-0.25, -0.2) is 19.6 Å². The summed E-state index contributed by atoms with van der Waals surface area (Å²) in [5, 5.41) is 5.53. The Morgan fingerprint density at radius 1 is 1.19 bits per heavy atom. The molecule has 2 saturated heterocycles. The van der Waals surface area contributed by atoms with Crippen molar-refractivity contribution in [2.24, 2.45) is 5.92 Å². The lowest BCUT2D eigenvalue weighted by Gasteiger charge is -2.39. The first-order chi connectivity index (χ1) is 20.3. The third-order valence-electron chi connectivity index (χ3n) is 7.51. The second-order valence-corrected chi connectivity index (χ2v) is 11.3. The van der Waals surface area contributed by atoms with Crippen molar-refractivity contribution in [3.05, 3.63) is 67.3 Å². The largest absolute Gasteiger partial charge is 0.519 e. The van der Waals surface area contributed by atoms with E-state index >= 15 is 0 Å². The number of carbonyl (C=O) groups excluding carboxylic acids is 2. The number of esters is 1. The number of carbonyl (C=O) groups is 2. The first kappa shape index (κ1) is 27.8. The number of rotatable bonds is 8. The molecule has 0 bridgehead atoms. The van der Waals surface area contributed by atoms with E-state index in [0.717, 1.165) is 25.9 Å². The van der Waals surface area contributed by atoms with Gasteiger partial charge in [-0.1, -0.05) is 0 Å². The van der Waals surface area contributed by atoms with Crippen LogP contribution in [0, 0.1) is 19.8 Å². The molecule has 2 aliphatic heterocycles. The minimum absolute atomic E-state index is 0.00864. The molecule has 4 aromatic heterocycles. The summed E-state index contributed by atoms with van der Waals surface area (Å²) in [6.07, 6.45) is 6.18. The highest BCUT2D eigenvalue weighted by Crippen LogP contribution is 2.29. The number of ether oxygens (including phenoxy) is 2. The number of anilines is 1. The molecular formula is C28H29N5O8S. The molecule has 13 nitrogen and oxygen atoms in total. The molecule has 0 aromatic carbocycles. The maximum Gasteiger partial charge on any atom is 0.519 e. The van der Waals surface area contributed by atoms with Crippen LogP contribution in [-0.2, 0) is 20.9 Å². The van der Waals surface area contributed by atoms with E-state index < -0.39 is 17.2 Å². The Morgan fingerprint density at radius 2 is 2.02 bits per heavy atom. The molecule has 0 saturated carbocycles. The molecule has 14 heteroatoms. The summed E-state index contributed by atoms with van der Waals surface area (Å²) in [6.45, 7) is 5.14. The summed E-state index contributed by atoms with van der Waals surface area (Å²) in [6, 6.07) is 1.78. The molecule has 1 N–H and O–H groups in total. The summed E-state index contributed by atoms with van der Waals surface area (Å²) >= 11 is 1.31. The average Bonchev–Trinajstić information content (AvgIpc) is 3.59. The molecule has 2 fully saturated rings. The molecule has 220 valence electrons. The fraction of sp³-hybridized carbons (Fsp3) is 0.429. The van der Waals surface area contributed by atoms with Gasteiger partial charge in [0, 0.05) is 44.0 Å². The van der Waals surface area contributed by atoms with Gasteiger partial charge >= 0.3 is 11.8 Å². The minimum atomic E-state index is -0.906. The van der Waals surface area contributed by atoms with Crippen molar-refractivity contribution >= 4 is 40.1 Å². The van der Waals surface area contributed by atoms with E-state index in [9.17, 15) is 19.2 Å². The van der Waals surface area contributed by atoms with E-state index in [-0.39, 0.29) is 47.0 Å². The second kappa shape index (κ2) is 11.5. The lowest BCUT2D eigenvalue weighted by atomic mass is 9.98. The quantitative estimate of drug-likeness (QED) is 0.298. The molecule has 1 amide bonds. The Balaban J connectivity index is 1.24. The third kappa shape index (κ3) is 5.46. The van der Waals surface area contributed by atoms with Gasteiger partial charge in [0.1, 0.15) is 11.4 Å². The Morgan fingerprint density at radius 3 is 2.71 bits per heavy atom. The van der Waals surface area contributed by atoms with Crippen LogP contribution in [0.5, 0.6) is 0 Å². The van der Waals surface area contributed by atoms with Gasteiger partial charge in [-0.15, -0.1) is 11.3 Å². The number of thiazole rings is 1. The van der Waals surface area contributed by atoms with Crippen LogP contribution in [0.2, 0.25) is 0 Å². The number of amides is 1. The van der Waals surface area contributed by atoms with Crippen LogP contribution in [0.25, 0.3) is 16.2 Å². The Bertz CT molecular complexity index is 1750. The van der Waals surface area contributed by atoms with Crippen LogP contribution in [0.1, 0.15) is 46.7 Å². The molecule has 4 aromatic rings. The van der Waals surface area contributed by atoms with Crippen LogP contribution < -0.4 is 21.5 Å². The Labute approximate surface area is 243 Å². The Hall–Kier alpha value is -4.30. The van der Waals surface area contributed by atoms with Crippen molar-refractivity contribution in [2.45, 2.75) is 45.8 Å². The molecule has 6 heterocycles. The van der Waals surface area contributed by atoms with Gasteiger partial charge in [0.15, 0.2) is 28.9 Å². The van der Waals surface area contributed by atoms with Gasteiger partial charge in [0.05, 0.1) is 17.4 Å². The van der Waals surface area contributed by atoms with Gasteiger partial charge in [0.2, 0.25) is 11.3 Å². The van der Waals surface area contributed by atoms with Crippen LogP contribution in [-0.4, -0.2) is 58.8 Å². The fourth-order valence-corrected chi connectivity index (χ4v) is 5.76. The highest BCUT2D eigenvalue weighted by atomic mass is 32.1. The molecule has 0 aliphatic carbocycles. The van der Waals surface area contributed by atoms with E-state index in [4.69, 9.17) is 23.3 Å². The topological polar surface area (TPSA) is 159 Å². The fourth-order valence-electron chi connectivity index (χ4n) is 5.14. The van der Waals surface area contributed by atoms with Gasteiger partial charge in [0.25, 0.3) is 0 Å². The highest BCUT2D eigenvalue weighted by molar-refractivity contribution is 7.12. The van der Waals surface area contributed by atoms with Crippen molar-refractivity contribution in [1.29, 1.82) is 0 Å². The zero-order valence-corrected chi connectivity index (χ0v) is 23.9. The lowest BCUT2D eigenvalue weighted by Crippen LogP contribution is -2.55. The monoisotopic (exact) mass is 595 g/mol. The number of hydrogen-bond acceptors (Lipinski definition) is 12. The Kier molecular flexibility index (Phi) is 7.64. The number of fused-ring (bicyclic) bond motifs is 1. The van der Waals surface area contributed by atoms with Gasteiger partial charge < -0.3 is 28.5 Å². The van der Waals surface area contributed by atoms with Crippen LogP contribution in [0.4, 0.5) is 5.82 Å². The maximum atomic E-state index is 13.6. The number of hydrogen-bond donors (Lipinski definition) is 1.